The van der Waals surface area contributed by atoms with Gasteiger partial charge in [-0.25, -0.2) is 0 Å². The number of amides is 1. The Morgan fingerprint density at radius 3 is 2.52 bits per heavy atom. The number of benzene rings is 2. The maximum atomic E-state index is 12.3. The van der Waals surface area contributed by atoms with Crippen LogP contribution >= 0.6 is 11.6 Å². The third-order valence-corrected chi connectivity index (χ3v) is 4.43. The highest BCUT2D eigenvalue weighted by molar-refractivity contribution is 6.30. The predicted octanol–water partition coefficient (Wildman–Crippen LogP) is 4.71. The quantitative estimate of drug-likeness (QED) is 0.557. The zero-order valence-electron chi connectivity index (χ0n) is 15.0. The van der Waals surface area contributed by atoms with Crippen LogP contribution in [0.1, 0.15) is 28.0 Å². The minimum Gasteiger partial charge on any atom is -0.381 e. The molecule has 138 valence electrons. The van der Waals surface area contributed by atoms with Gasteiger partial charge in [0.1, 0.15) is 5.69 Å². The predicted molar refractivity (Wildman–Crippen MR) is 110 cm³/mol. The summed E-state index contributed by atoms with van der Waals surface area (Å²) in [6.45, 7) is 1.27. The van der Waals surface area contributed by atoms with Crippen molar-refractivity contribution in [2.45, 2.75) is 19.4 Å². The molecule has 0 aliphatic carbocycles. The summed E-state index contributed by atoms with van der Waals surface area (Å²) in [5.74, 6) is -0.154. The molecule has 27 heavy (non-hydrogen) atoms. The van der Waals surface area contributed by atoms with E-state index in [0.29, 0.717) is 23.8 Å². The minimum atomic E-state index is -0.154. The van der Waals surface area contributed by atoms with Gasteiger partial charge in [0.05, 0.1) is 0 Å². The Balaban J connectivity index is 1.47. The van der Waals surface area contributed by atoms with Crippen LogP contribution in [0.2, 0.25) is 5.02 Å². The molecule has 5 heteroatoms. The van der Waals surface area contributed by atoms with Crippen molar-refractivity contribution >= 4 is 23.2 Å². The van der Waals surface area contributed by atoms with E-state index >= 15 is 0 Å². The molecule has 0 saturated carbocycles. The molecule has 0 saturated heterocycles. The maximum absolute atomic E-state index is 12.3. The van der Waals surface area contributed by atoms with E-state index < -0.39 is 0 Å². The van der Waals surface area contributed by atoms with Gasteiger partial charge in [-0.3, -0.25) is 9.78 Å². The molecule has 0 aliphatic rings. The summed E-state index contributed by atoms with van der Waals surface area (Å²) in [6.07, 6.45) is 3.48. The average molecular weight is 380 g/mol. The van der Waals surface area contributed by atoms with E-state index in [4.69, 9.17) is 11.6 Å². The van der Waals surface area contributed by atoms with Gasteiger partial charge in [-0.05, 0) is 48.2 Å². The fourth-order valence-electron chi connectivity index (χ4n) is 2.70. The summed E-state index contributed by atoms with van der Waals surface area (Å²) in [5, 5.41) is 6.95. The van der Waals surface area contributed by atoms with Gasteiger partial charge < -0.3 is 10.6 Å². The Morgan fingerprint density at radius 1 is 0.963 bits per heavy atom. The SMILES string of the molecule is O=C(NCCCc1ccccc1)c1cc(NCc2ccc(Cl)cc2)ccn1. The number of rotatable bonds is 8. The Bertz CT molecular complexity index is 866. The van der Waals surface area contributed by atoms with Gasteiger partial charge >= 0.3 is 0 Å². The van der Waals surface area contributed by atoms with Crippen LogP contribution in [-0.2, 0) is 13.0 Å². The summed E-state index contributed by atoms with van der Waals surface area (Å²) in [7, 11) is 0. The van der Waals surface area contributed by atoms with Gasteiger partial charge in [-0.15, -0.1) is 0 Å². The number of aromatic nitrogens is 1. The number of anilines is 1. The first-order chi connectivity index (χ1) is 13.2. The number of halogens is 1. The van der Waals surface area contributed by atoms with E-state index in [1.807, 2.05) is 48.5 Å². The van der Waals surface area contributed by atoms with Crippen molar-refractivity contribution in [3.63, 3.8) is 0 Å². The molecule has 0 aliphatic heterocycles. The van der Waals surface area contributed by atoms with E-state index in [9.17, 15) is 4.79 Å². The molecule has 0 unspecified atom stereocenters. The van der Waals surface area contributed by atoms with Crippen molar-refractivity contribution in [2.24, 2.45) is 0 Å². The van der Waals surface area contributed by atoms with Crippen molar-refractivity contribution in [1.82, 2.24) is 10.3 Å². The monoisotopic (exact) mass is 379 g/mol. The van der Waals surface area contributed by atoms with E-state index in [-0.39, 0.29) is 5.91 Å². The largest absolute Gasteiger partial charge is 0.381 e. The molecule has 0 spiro atoms. The standard InChI is InChI=1S/C22H22ClN3O/c23-19-10-8-18(9-11-19)16-26-20-12-14-24-21(15-20)22(27)25-13-4-7-17-5-2-1-3-6-17/h1-3,5-6,8-12,14-15H,4,7,13,16H2,(H,24,26)(H,25,27). The number of hydrogen-bond acceptors (Lipinski definition) is 3. The lowest BCUT2D eigenvalue weighted by Crippen LogP contribution is -2.25. The molecule has 2 N–H and O–H groups in total. The van der Waals surface area contributed by atoms with Gasteiger partial charge in [0.25, 0.3) is 5.91 Å². The Kier molecular flexibility index (Phi) is 6.83. The van der Waals surface area contributed by atoms with Crippen molar-refractivity contribution in [3.8, 4) is 0 Å². The number of nitrogens with zero attached hydrogens (tertiary/aromatic N) is 1. The molecule has 0 radical (unpaired) electrons. The topological polar surface area (TPSA) is 54.0 Å². The first kappa shape index (κ1) is 18.9. The Morgan fingerprint density at radius 2 is 1.74 bits per heavy atom. The first-order valence-corrected chi connectivity index (χ1v) is 9.35. The lowest BCUT2D eigenvalue weighted by Gasteiger charge is -2.09. The molecule has 0 fully saturated rings. The molecule has 1 amide bonds. The van der Waals surface area contributed by atoms with E-state index in [2.05, 4.69) is 27.8 Å². The minimum absolute atomic E-state index is 0.154. The summed E-state index contributed by atoms with van der Waals surface area (Å²) in [5.41, 5.74) is 3.66. The molecule has 3 aromatic rings. The molecule has 2 aromatic carbocycles. The highest BCUT2D eigenvalue weighted by Gasteiger charge is 2.07. The molecule has 4 nitrogen and oxygen atoms in total. The second-order valence-electron chi connectivity index (χ2n) is 6.25. The molecule has 0 atom stereocenters. The Labute approximate surface area is 164 Å². The van der Waals surface area contributed by atoms with Gasteiger partial charge in [0.2, 0.25) is 0 Å². The van der Waals surface area contributed by atoms with Gasteiger partial charge in [0, 0.05) is 30.0 Å². The molecule has 3 rings (SSSR count). The fourth-order valence-corrected chi connectivity index (χ4v) is 2.83. The van der Waals surface area contributed by atoms with Crippen LogP contribution in [0.4, 0.5) is 5.69 Å². The maximum Gasteiger partial charge on any atom is 0.269 e. The van der Waals surface area contributed by atoms with Gasteiger partial charge in [0.15, 0.2) is 0 Å². The van der Waals surface area contributed by atoms with Crippen LogP contribution in [0.3, 0.4) is 0 Å². The molecule has 0 bridgehead atoms. The fraction of sp³-hybridized carbons (Fsp3) is 0.182. The third-order valence-electron chi connectivity index (χ3n) is 4.17. The number of pyridine rings is 1. The molecule has 1 aromatic heterocycles. The summed E-state index contributed by atoms with van der Waals surface area (Å²) >= 11 is 5.90. The normalized spacial score (nSPS) is 10.4. The number of aryl methyl sites for hydroxylation is 1. The molecular weight excluding hydrogens is 358 g/mol. The number of carbonyl (C=O) groups excluding carboxylic acids is 1. The molecule has 1 heterocycles. The lowest BCUT2D eigenvalue weighted by molar-refractivity contribution is 0.0948. The second kappa shape index (κ2) is 9.74. The summed E-state index contributed by atoms with van der Waals surface area (Å²) in [4.78, 5) is 16.5. The van der Waals surface area contributed by atoms with Crippen LogP contribution in [0.5, 0.6) is 0 Å². The lowest BCUT2D eigenvalue weighted by atomic mass is 10.1. The smallest absolute Gasteiger partial charge is 0.269 e. The Hall–Kier alpha value is -2.85. The highest BCUT2D eigenvalue weighted by atomic mass is 35.5. The summed E-state index contributed by atoms with van der Waals surface area (Å²) in [6, 6.07) is 21.5. The van der Waals surface area contributed by atoms with E-state index in [1.165, 1.54) is 5.56 Å². The van der Waals surface area contributed by atoms with Gasteiger partial charge in [-0.2, -0.15) is 0 Å². The van der Waals surface area contributed by atoms with Crippen molar-refractivity contribution in [1.29, 1.82) is 0 Å². The second-order valence-corrected chi connectivity index (χ2v) is 6.69. The number of hydrogen-bond donors (Lipinski definition) is 2. The van der Waals surface area contributed by atoms with E-state index in [0.717, 1.165) is 24.1 Å². The van der Waals surface area contributed by atoms with Crippen molar-refractivity contribution < 1.29 is 4.79 Å². The van der Waals surface area contributed by atoms with Crippen LogP contribution in [0.25, 0.3) is 0 Å². The van der Waals surface area contributed by atoms with Crippen LogP contribution < -0.4 is 10.6 Å². The van der Waals surface area contributed by atoms with Gasteiger partial charge in [-0.1, -0.05) is 54.1 Å². The average Bonchev–Trinajstić information content (AvgIpc) is 2.71. The summed E-state index contributed by atoms with van der Waals surface area (Å²) < 4.78 is 0. The van der Waals surface area contributed by atoms with E-state index in [1.54, 1.807) is 12.3 Å². The van der Waals surface area contributed by atoms with Crippen LogP contribution in [0, 0.1) is 0 Å². The number of nitrogens with one attached hydrogen (secondary N) is 2. The van der Waals surface area contributed by atoms with Crippen LogP contribution in [-0.4, -0.2) is 17.4 Å². The van der Waals surface area contributed by atoms with Crippen molar-refractivity contribution in [2.75, 3.05) is 11.9 Å². The van der Waals surface area contributed by atoms with Crippen LogP contribution in [0.15, 0.2) is 72.9 Å². The molecular formula is C22H22ClN3O. The zero-order chi connectivity index (χ0) is 18.9. The third kappa shape index (κ3) is 6.12. The first-order valence-electron chi connectivity index (χ1n) is 8.97. The zero-order valence-corrected chi connectivity index (χ0v) is 15.7. The number of carbonyl (C=O) groups is 1. The van der Waals surface area contributed by atoms with Crippen molar-refractivity contribution in [3.05, 3.63) is 94.8 Å². The highest BCUT2D eigenvalue weighted by Crippen LogP contribution is 2.13.